The van der Waals surface area contributed by atoms with Crippen molar-refractivity contribution in [1.82, 2.24) is 9.97 Å². The molecule has 5 heteroatoms. The fourth-order valence-corrected chi connectivity index (χ4v) is 2.63. The van der Waals surface area contributed by atoms with Gasteiger partial charge in [-0.15, -0.1) is 11.8 Å². The average molecular weight is 337 g/mol. The van der Waals surface area contributed by atoms with Gasteiger partial charge in [0.15, 0.2) is 0 Å². The number of hydrogen-bond acceptors (Lipinski definition) is 2. The first-order valence-electron chi connectivity index (χ1n) is 5.66. The van der Waals surface area contributed by atoms with Gasteiger partial charge in [-0.1, -0.05) is 12.1 Å². The van der Waals surface area contributed by atoms with Gasteiger partial charge in [0.1, 0.15) is 11.6 Å². The molecule has 1 heterocycles. The summed E-state index contributed by atoms with van der Waals surface area (Å²) >= 11 is 4.86. The van der Waals surface area contributed by atoms with Crippen LogP contribution in [0.15, 0.2) is 45.8 Å². The van der Waals surface area contributed by atoms with Gasteiger partial charge in [-0.05, 0) is 40.4 Å². The van der Waals surface area contributed by atoms with Crippen LogP contribution in [-0.4, -0.2) is 16.2 Å². The Morgan fingerprint density at radius 2 is 1.95 bits per heavy atom. The van der Waals surface area contributed by atoms with Gasteiger partial charge in [0.05, 0.1) is 15.5 Å². The molecule has 0 fully saturated rings. The third-order valence-electron chi connectivity index (χ3n) is 2.89. The average Bonchev–Trinajstić information content (AvgIpc) is 2.82. The minimum absolute atomic E-state index is 0.291. The van der Waals surface area contributed by atoms with Crippen molar-refractivity contribution in [2.75, 3.05) is 6.26 Å². The second kappa shape index (κ2) is 4.98. The Balaban J connectivity index is 2.09. The number of hydrogen-bond donors (Lipinski definition) is 1. The summed E-state index contributed by atoms with van der Waals surface area (Å²) in [7, 11) is 0. The SMILES string of the molecule is CSc1ccc(-c2nc3cc(Br)c(F)cc3[nH]2)cc1. The minimum atomic E-state index is -0.291. The molecular weight excluding hydrogens is 327 g/mol. The number of rotatable bonds is 2. The van der Waals surface area contributed by atoms with Crippen molar-refractivity contribution >= 4 is 38.7 Å². The standard InChI is InChI=1S/C14H10BrFN2S/c1-19-9-4-2-8(3-5-9)14-17-12-6-10(15)11(16)7-13(12)18-14/h2-7H,1H3,(H,17,18). The quantitative estimate of drug-likeness (QED) is 0.677. The molecule has 0 aliphatic carbocycles. The van der Waals surface area contributed by atoms with E-state index in [1.165, 1.54) is 11.0 Å². The molecule has 0 aliphatic rings. The van der Waals surface area contributed by atoms with Crippen LogP contribution in [0.5, 0.6) is 0 Å². The van der Waals surface area contributed by atoms with Crippen molar-refractivity contribution in [3.63, 3.8) is 0 Å². The van der Waals surface area contributed by atoms with Crippen molar-refractivity contribution in [2.24, 2.45) is 0 Å². The van der Waals surface area contributed by atoms with Gasteiger partial charge >= 0.3 is 0 Å². The van der Waals surface area contributed by atoms with E-state index in [-0.39, 0.29) is 5.82 Å². The number of benzene rings is 2. The van der Waals surface area contributed by atoms with Crippen LogP contribution in [0.4, 0.5) is 4.39 Å². The van der Waals surface area contributed by atoms with Crippen LogP contribution in [0.2, 0.25) is 0 Å². The molecule has 2 aromatic carbocycles. The lowest BCUT2D eigenvalue weighted by molar-refractivity contribution is 0.623. The van der Waals surface area contributed by atoms with E-state index >= 15 is 0 Å². The van der Waals surface area contributed by atoms with Crippen LogP contribution in [0, 0.1) is 5.82 Å². The topological polar surface area (TPSA) is 28.7 Å². The fourth-order valence-electron chi connectivity index (χ4n) is 1.89. The number of thioether (sulfide) groups is 1. The van der Waals surface area contributed by atoms with E-state index in [0.717, 1.165) is 16.9 Å². The first-order chi connectivity index (χ1) is 9.17. The van der Waals surface area contributed by atoms with Crippen LogP contribution in [0.3, 0.4) is 0 Å². The van der Waals surface area contributed by atoms with Gasteiger partial charge in [-0.2, -0.15) is 0 Å². The molecule has 0 aliphatic heterocycles. The lowest BCUT2D eigenvalue weighted by atomic mass is 10.2. The second-order valence-corrected chi connectivity index (χ2v) is 5.83. The van der Waals surface area contributed by atoms with Gasteiger partial charge < -0.3 is 4.98 Å². The second-order valence-electron chi connectivity index (χ2n) is 4.10. The number of imidazole rings is 1. The first-order valence-corrected chi connectivity index (χ1v) is 7.68. The monoisotopic (exact) mass is 336 g/mol. The molecule has 19 heavy (non-hydrogen) atoms. The molecule has 0 radical (unpaired) electrons. The van der Waals surface area contributed by atoms with Crippen LogP contribution < -0.4 is 0 Å². The molecule has 0 spiro atoms. The fraction of sp³-hybridized carbons (Fsp3) is 0.0714. The van der Waals surface area contributed by atoms with Crippen LogP contribution >= 0.6 is 27.7 Å². The first kappa shape index (κ1) is 12.7. The predicted octanol–water partition coefficient (Wildman–Crippen LogP) is 4.85. The van der Waals surface area contributed by atoms with E-state index in [9.17, 15) is 4.39 Å². The van der Waals surface area contributed by atoms with Crippen molar-refractivity contribution in [1.29, 1.82) is 0 Å². The van der Waals surface area contributed by atoms with E-state index in [2.05, 4.69) is 25.9 Å². The number of aromatic amines is 1. The third-order valence-corrected chi connectivity index (χ3v) is 4.24. The van der Waals surface area contributed by atoms with Crippen molar-refractivity contribution in [2.45, 2.75) is 4.90 Å². The van der Waals surface area contributed by atoms with Crippen molar-refractivity contribution in [3.05, 3.63) is 46.7 Å². The van der Waals surface area contributed by atoms with Gasteiger partial charge in [0.25, 0.3) is 0 Å². The molecule has 0 saturated heterocycles. The molecule has 0 saturated carbocycles. The van der Waals surface area contributed by atoms with Gasteiger partial charge in [0.2, 0.25) is 0 Å². The summed E-state index contributed by atoms with van der Waals surface area (Å²) in [6, 6.07) is 11.2. The smallest absolute Gasteiger partial charge is 0.139 e. The van der Waals surface area contributed by atoms with Gasteiger partial charge in [-0.3, -0.25) is 0 Å². The lowest BCUT2D eigenvalue weighted by Gasteiger charge is -1.98. The summed E-state index contributed by atoms with van der Waals surface area (Å²) < 4.78 is 13.9. The Bertz CT molecular complexity index is 698. The van der Waals surface area contributed by atoms with Crippen LogP contribution in [-0.2, 0) is 0 Å². The molecule has 1 N–H and O–H groups in total. The van der Waals surface area contributed by atoms with Crippen molar-refractivity contribution in [3.8, 4) is 11.4 Å². The van der Waals surface area contributed by atoms with E-state index in [1.54, 1.807) is 17.8 Å². The van der Waals surface area contributed by atoms with Gasteiger partial charge in [0, 0.05) is 16.5 Å². The molecular formula is C14H10BrFN2S. The summed E-state index contributed by atoms with van der Waals surface area (Å²) in [6.07, 6.45) is 2.04. The van der Waals surface area contributed by atoms with Crippen LogP contribution in [0.1, 0.15) is 0 Å². The molecule has 0 atom stereocenters. The molecule has 3 rings (SSSR count). The number of nitrogens with one attached hydrogen (secondary N) is 1. The Morgan fingerprint density at radius 1 is 1.21 bits per heavy atom. The zero-order valence-corrected chi connectivity index (χ0v) is 12.5. The highest BCUT2D eigenvalue weighted by Gasteiger charge is 2.08. The number of H-pyrrole nitrogens is 1. The van der Waals surface area contributed by atoms with E-state index in [0.29, 0.717) is 9.99 Å². The Labute approximate surface area is 122 Å². The molecule has 1 aromatic heterocycles. The summed E-state index contributed by atoms with van der Waals surface area (Å²) in [5.41, 5.74) is 2.44. The lowest BCUT2D eigenvalue weighted by Crippen LogP contribution is -1.79. The maximum Gasteiger partial charge on any atom is 0.139 e. The molecule has 96 valence electrons. The summed E-state index contributed by atoms with van der Waals surface area (Å²) in [5, 5.41) is 0. The zero-order valence-electron chi connectivity index (χ0n) is 10.1. The van der Waals surface area contributed by atoms with E-state index in [1.807, 2.05) is 30.5 Å². The predicted molar refractivity (Wildman–Crippen MR) is 81.0 cm³/mol. The van der Waals surface area contributed by atoms with Gasteiger partial charge in [-0.25, -0.2) is 9.37 Å². The normalized spacial score (nSPS) is 11.1. The Hall–Kier alpha value is -1.33. The highest BCUT2D eigenvalue weighted by molar-refractivity contribution is 9.10. The number of halogens is 2. The Morgan fingerprint density at radius 3 is 2.63 bits per heavy atom. The van der Waals surface area contributed by atoms with Crippen molar-refractivity contribution < 1.29 is 4.39 Å². The highest BCUT2D eigenvalue weighted by Crippen LogP contribution is 2.26. The summed E-state index contributed by atoms with van der Waals surface area (Å²) in [4.78, 5) is 8.82. The van der Waals surface area contributed by atoms with E-state index in [4.69, 9.17) is 0 Å². The Kier molecular flexibility index (Phi) is 3.33. The van der Waals surface area contributed by atoms with Crippen LogP contribution in [0.25, 0.3) is 22.4 Å². The zero-order chi connectivity index (χ0) is 13.4. The summed E-state index contributed by atoms with van der Waals surface area (Å²) in [5.74, 6) is 0.459. The maximum atomic E-state index is 13.5. The number of aromatic nitrogens is 2. The molecule has 2 nitrogen and oxygen atoms in total. The molecule has 0 amide bonds. The third kappa shape index (κ3) is 2.40. The molecule has 3 aromatic rings. The number of fused-ring (bicyclic) bond motifs is 1. The number of nitrogens with zero attached hydrogens (tertiary/aromatic N) is 1. The molecule has 0 bridgehead atoms. The maximum absolute atomic E-state index is 13.5. The highest BCUT2D eigenvalue weighted by atomic mass is 79.9. The minimum Gasteiger partial charge on any atom is -0.338 e. The summed E-state index contributed by atoms with van der Waals surface area (Å²) in [6.45, 7) is 0. The molecule has 0 unspecified atom stereocenters. The van der Waals surface area contributed by atoms with E-state index < -0.39 is 0 Å². The largest absolute Gasteiger partial charge is 0.338 e.